The van der Waals surface area contributed by atoms with E-state index in [2.05, 4.69) is 0 Å². The lowest BCUT2D eigenvalue weighted by molar-refractivity contribution is -0.197. The van der Waals surface area contributed by atoms with Crippen molar-refractivity contribution >= 4 is 29.7 Å². The number of benzene rings is 3. The van der Waals surface area contributed by atoms with Crippen LogP contribution in [-0.2, 0) is 36.0 Å². The molecule has 6 rings (SSSR count). The molecule has 12 heteroatoms. The number of phenols is 2. The molecule has 3 aromatic carbocycles. The molecule has 3 amide bonds. The molecule has 3 heterocycles. The van der Waals surface area contributed by atoms with E-state index in [1.807, 2.05) is 0 Å². The van der Waals surface area contributed by atoms with Gasteiger partial charge in [0.2, 0.25) is 5.91 Å². The Morgan fingerprint density at radius 1 is 0.860 bits per heavy atom. The van der Waals surface area contributed by atoms with Crippen molar-refractivity contribution in [3.05, 3.63) is 81.9 Å². The van der Waals surface area contributed by atoms with Crippen LogP contribution in [0.15, 0.2) is 48.5 Å². The SMILES string of the molecule is NC(=O)c1cc2c(cc1CCCCCC(=O)ON1C(=O)CCC1=O)C1(OC2=O)c2ccc(O)cc2Oc2cc(O)ccc21. The van der Waals surface area contributed by atoms with Crippen LogP contribution < -0.4 is 10.5 Å². The first-order valence-corrected chi connectivity index (χ1v) is 13.7. The number of hydroxylamine groups is 2. The normalized spacial score (nSPS) is 15.9. The molecule has 0 aromatic heterocycles. The number of phenolic OH excluding ortho intramolecular Hbond substituents is 2. The minimum atomic E-state index is -1.49. The number of hydrogen-bond donors (Lipinski definition) is 3. The number of carbonyl (C=O) groups excluding carboxylic acids is 5. The van der Waals surface area contributed by atoms with Crippen LogP contribution in [0.4, 0.5) is 0 Å². The minimum absolute atomic E-state index is 0.0113. The van der Waals surface area contributed by atoms with E-state index < -0.39 is 35.3 Å². The van der Waals surface area contributed by atoms with E-state index in [9.17, 15) is 34.2 Å². The molecule has 4 N–H and O–H groups in total. The number of primary amides is 1. The van der Waals surface area contributed by atoms with Gasteiger partial charge in [-0.25, -0.2) is 9.59 Å². The van der Waals surface area contributed by atoms with E-state index in [1.165, 1.54) is 30.3 Å². The van der Waals surface area contributed by atoms with Crippen LogP contribution in [0.3, 0.4) is 0 Å². The molecule has 12 nitrogen and oxygen atoms in total. The Morgan fingerprint density at radius 3 is 2.09 bits per heavy atom. The molecule has 1 spiro atoms. The zero-order chi connectivity index (χ0) is 30.5. The van der Waals surface area contributed by atoms with Gasteiger partial charge in [-0.2, -0.15) is 0 Å². The van der Waals surface area contributed by atoms with Crippen LogP contribution in [0.2, 0.25) is 0 Å². The van der Waals surface area contributed by atoms with Gasteiger partial charge < -0.3 is 30.3 Å². The largest absolute Gasteiger partial charge is 0.508 e. The van der Waals surface area contributed by atoms with Crippen molar-refractivity contribution in [3.8, 4) is 23.0 Å². The number of aryl methyl sites for hydroxylation is 1. The van der Waals surface area contributed by atoms with Crippen molar-refractivity contribution in [2.45, 2.75) is 50.5 Å². The standard InChI is InChI=1S/C31H26N2O10/c32-29(39)19-15-20-23(12-16(19)4-2-1-3-5-28(38)43-33-26(36)10-11-27(33)37)31(42-30(20)40)21-8-6-17(34)13-24(21)41-25-14-18(35)7-9-22(25)31/h6-9,12-15,34-35H,1-5,10-11H2,(H2,32,39). The second-order valence-corrected chi connectivity index (χ2v) is 10.6. The molecular weight excluding hydrogens is 560 g/mol. The number of hydrogen-bond acceptors (Lipinski definition) is 10. The van der Waals surface area contributed by atoms with Gasteiger partial charge in [0.1, 0.15) is 23.0 Å². The van der Waals surface area contributed by atoms with Crippen molar-refractivity contribution in [2.75, 3.05) is 0 Å². The Bertz CT molecular complexity index is 1660. The minimum Gasteiger partial charge on any atom is -0.508 e. The van der Waals surface area contributed by atoms with E-state index in [0.717, 1.165) is 0 Å². The molecule has 220 valence electrons. The molecule has 0 bridgehead atoms. The fourth-order valence-corrected chi connectivity index (χ4v) is 5.79. The maximum atomic E-state index is 13.3. The number of fused-ring (bicyclic) bond motifs is 6. The number of aromatic hydroxyl groups is 2. The van der Waals surface area contributed by atoms with E-state index in [0.29, 0.717) is 53.0 Å². The topological polar surface area (TPSA) is 183 Å². The first kappa shape index (κ1) is 27.8. The highest BCUT2D eigenvalue weighted by Gasteiger charge is 2.54. The van der Waals surface area contributed by atoms with Gasteiger partial charge in [-0.1, -0.05) is 6.42 Å². The number of rotatable bonds is 8. The lowest BCUT2D eigenvalue weighted by atomic mass is 9.76. The van der Waals surface area contributed by atoms with Crippen molar-refractivity contribution < 1.29 is 48.5 Å². The van der Waals surface area contributed by atoms with Crippen LogP contribution in [0.5, 0.6) is 23.0 Å². The van der Waals surface area contributed by atoms with Gasteiger partial charge in [0, 0.05) is 53.6 Å². The third-order valence-corrected chi connectivity index (χ3v) is 7.79. The summed E-state index contributed by atoms with van der Waals surface area (Å²) >= 11 is 0. The van der Waals surface area contributed by atoms with E-state index in [4.69, 9.17) is 20.0 Å². The summed E-state index contributed by atoms with van der Waals surface area (Å²) in [4.78, 5) is 66.1. The van der Waals surface area contributed by atoms with E-state index >= 15 is 0 Å². The summed E-state index contributed by atoms with van der Waals surface area (Å²) in [7, 11) is 0. The lowest BCUT2D eigenvalue weighted by Crippen LogP contribution is -2.33. The number of unbranched alkanes of at least 4 members (excludes halogenated alkanes) is 2. The summed E-state index contributed by atoms with van der Waals surface area (Å²) in [6.07, 6.45) is 1.88. The average molecular weight is 587 g/mol. The van der Waals surface area contributed by atoms with Crippen molar-refractivity contribution in [1.82, 2.24) is 5.06 Å². The molecule has 0 atom stereocenters. The molecule has 3 aromatic rings. The van der Waals surface area contributed by atoms with Gasteiger partial charge in [-0.05, 0) is 61.2 Å². The molecule has 43 heavy (non-hydrogen) atoms. The maximum absolute atomic E-state index is 13.3. The van der Waals surface area contributed by atoms with Crippen molar-refractivity contribution in [1.29, 1.82) is 0 Å². The summed E-state index contributed by atoms with van der Waals surface area (Å²) in [5.41, 5.74) is 6.40. The number of esters is 1. The zero-order valence-corrected chi connectivity index (χ0v) is 22.8. The van der Waals surface area contributed by atoms with Crippen molar-refractivity contribution in [3.63, 3.8) is 0 Å². The molecular formula is C31H26N2O10. The number of imide groups is 1. The summed E-state index contributed by atoms with van der Waals surface area (Å²) < 4.78 is 12.1. The van der Waals surface area contributed by atoms with Gasteiger partial charge >= 0.3 is 11.9 Å². The van der Waals surface area contributed by atoms with Gasteiger partial charge in [0.15, 0.2) is 5.60 Å². The first-order chi connectivity index (χ1) is 20.6. The third kappa shape index (κ3) is 4.70. The quantitative estimate of drug-likeness (QED) is 0.201. The number of ether oxygens (including phenoxy) is 2. The second-order valence-electron chi connectivity index (χ2n) is 10.6. The Labute approximate surface area is 244 Å². The fraction of sp³-hybridized carbons (Fsp3) is 0.258. The van der Waals surface area contributed by atoms with Crippen LogP contribution in [0.25, 0.3) is 0 Å². The Kier molecular flexibility index (Phi) is 6.76. The highest BCUT2D eigenvalue weighted by Crippen LogP contribution is 2.57. The number of nitrogens with two attached hydrogens (primary N) is 1. The molecule has 0 unspecified atom stereocenters. The molecule has 0 saturated carbocycles. The summed E-state index contributed by atoms with van der Waals surface area (Å²) in [6.45, 7) is 0. The molecule has 0 radical (unpaired) electrons. The first-order valence-electron chi connectivity index (χ1n) is 13.7. The van der Waals surface area contributed by atoms with Gasteiger partial charge in [-0.3, -0.25) is 14.4 Å². The third-order valence-electron chi connectivity index (χ3n) is 7.79. The Balaban J connectivity index is 1.28. The van der Waals surface area contributed by atoms with E-state index in [1.54, 1.807) is 18.2 Å². The predicted molar refractivity (Wildman–Crippen MR) is 146 cm³/mol. The average Bonchev–Trinajstić information content (AvgIpc) is 3.42. The predicted octanol–water partition coefficient (Wildman–Crippen LogP) is 3.47. The Morgan fingerprint density at radius 2 is 1.49 bits per heavy atom. The summed E-state index contributed by atoms with van der Waals surface area (Å²) in [5, 5.41) is 20.8. The summed E-state index contributed by atoms with van der Waals surface area (Å²) in [6, 6.07) is 12.0. The monoisotopic (exact) mass is 586 g/mol. The highest BCUT2D eigenvalue weighted by molar-refractivity contribution is 6.02. The van der Waals surface area contributed by atoms with Gasteiger partial charge in [-0.15, -0.1) is 5.06 Å². The van der Waals surface area contributed by atoms with Crippen LogP contribution >= 0.6 is 0 Å². The van der Waals surface area contributed by atoms with Crippen molar-refractivity contribution in [2.24, 2.45) is 5.73 Å². The second kappa shape index (κ2) is 10.5. The fourth-order valence-electron chi connectivity index (χ4n) is 5.79. The van der Waals surface area contributed by atoms with Gasteiger partial charge in [0.25, 0.3) is 11.8 Å². The number of carbonyl (C=O) groups is 5. The van der Waals surface area contributed by atoms with Crippen LogP contribution in [-0.4, -0.2) is 44.9 Å². The molecule has 3 aliphatic rings. The smallest absolute Gasteiger partial charge is 0.340 e. The number of nitrogens with zero attached hydrogens (tertiary/aromatic N) is 1. The van der Waals surface area contributed by atoms with E-state index in [-0.39, 0.29) is 53.4 Å². The summed E-state index contributed by atoms with van der Waals surface area (Å²) in [5.74, 6) is -2.88. The lowest BCUT2D eigenvalue weighted by Gasteiger charge is -2.36. The van der Waals surface area contributed by atoms with Gasteiger partial charge in [0.05, 0.1) is 5.56 Å². The van der Waals surface area contributed by atoms with Crippen LogP contribution in [0, 0.1) is 0 Å². The highest BCUT2D eigenvalue weighted by atomic mass is 16.7. The number of amides is 3. The van der Waals surface area contributed by atoms with Crippen LogP contribution in [0.1, 0.15) is 81.5 Å². The molecule has 3 aliphatic heterocycles. The molecule has 1 fully saturated rings. The zero-order valence-electron chi connectivity index (χ0n) is 22.8. The molecule has 0 aliphatic carbocycles. The molecule has 1 saturated heterocycles. The maximum Gasteiger partial charge on any atom is 0.340 e. The Hall–Kier alpha value is -5.39.